The number of para-hydroxylation sites is 1. The van der Waals surface area contributed by atoms with E-state index in [0.717, 1.165) is 48.4 Å². The Bertz CT molecular complexity index is 1300. The molecular formula is C23H21N7O2S. The molecule has 166 valence electrons. The highest BCUT2D eigenvalue weighted by Crippen LogP contribution is 2.35. The lowest BCUT2D eigenvalue weighted by Crippen LogP contribution is -2.18. The van der Waals surface area contributed by atoms with Crippen LogP contribution < -0.4 is 5.32 Å². The summed E-state index contributed by atoms with van der Waals surface area (Å²) >= 11 is 1.23. The van der Waals surface area contributed by atoms with Gasteiger partial charge in [0.1, 0.15) is 24.2 Å². The second-order valence-corrected chi connectivity index (χ2v) is 8.62. The van der Waals surface area contributed by atoms with E-state index in [1.165, 1.54) is 11.8 Å². The number of anilines is 1. The molecule has 0 saturated heterocycles. The minimum Gasteiger partial charge on any atom is -0.467 e. The molecule has 3 aromatic heterocycles. The van der Waals surface area contributed by atoms with Crippen LogP contribution in [0.4, 0.5) is 5.82 Å². The highest BCUT2D eigenvalue weighted by Gasteiger charge is 2.26. The van der Waals surface area contributed by atoms with Crippen molar-refractivity contribution in [2.24, 2.45) is 0 Å². The van der Waals surface area contributed by atoms with Crippen LogP contribution in [-0.2, 0) is 24.2 Å². The Morgan fingerprint density at radius 1 is 1.18 bits per heavy atom. The Balaban J connectivity index is 1.38. The van der Waals surface area contributed by atoms with E-state index in [1.807, 2.05) is 41.0 Å². The maximum Gasteiger partial charge on any atom is 0.236 e. The number of carbonyl (C=O) groups excluding carboxylic acids is 1. The smallest absolute Gasteiger partial charge is 0.236 e. The predicted octanol–water partition coefficient (Wildman–Crippen LogP) is 3.59. The molecule has 4 aromatic rings. The first-order valence-electron chi connectivity index (χ1n) is 10.7. The molecule has 0 spiro atoms. The van der Waals surface area contributed by atoms with Crippen molar-refractivity contribution in [1.82, 2.24) is 24.8 Å². The summed E-state index contributed by atoms with van der Waals surface area (Å²) in [5, 5.41) is 25.1. The summed E-state index contributed by atoms with van der Waals surface area (Å²) in [6.07, 6.45) is 5.43. The molecule has 1 aliphatic rings. The van der Waals surface area contributed by atoms with Gasteiger partial charge >= 0.3 is 0 Å². The highest BCUT2D eigenvalue weighted by atomic mass is 32.2. The molecule has 5 rings (SSSR count). The van der Waals surface area contributed by atoms with E-state index >= 15 is 0 Å². The summed E-state index contributed by atoms with van der Waals surface area (Å²) < 4.78 is 8.96. The fourth-order valence-corrected chi connectivity index (χ4v) is 4.82. The molecule has 9 nitrogen and oxygen atoms in total. The molecular weight excluding hydrogens is 438 g/mol. The molecule has 0 saturated carbocycles. The molecule has 0 radical (unpaired) electrons. The molecule has 0 bridgehead atoms. The summed E-state index contributed by atoms with van der Waals surface area (Å²) in [5.41, 5.74) is 3.63. The van der Waals surface area contributed by atoms with Crippen molar-refractivity contribution < 1.29 is 9.21 Å². The number of aromatic nitrogens is 5. The molecule has 1 amide bonds. The fraction of sp³-hybridized carbons (Fsp3) is 0.261. The molecule has 1 aromatic carbocycles. The number of nitriles is 1. The Morgan fingerprint density at radius 3 is 2.82 bits per heavy atom. The van der Waals surface area contributed by atoms with E-state index in [2.05, 4.69) is 26.9 Å². The number of amides is 1. The van der Waals surface area contributed by atoms with Gasteiger partial charge < -0.3 is 9.73 Å². The lowest BCUT2D eigenvalue weighted by atomic mass is 9.95. The zero-order valence-electron chi connectivity index (χ0n) is 17.8. The first-order valence-corrected chi connectivity index (χ1v) is 11.7. The van der Waals surface area contributed by atoms with Crippen LogP contribution in [0.15, 0.2) is 58.3 Å². The van der Waals surface area contributed by atoms with E-state index in [0.29, 0.717) is 23.1 Å². The Morgan fingerprint density at radius 2 is 2.03 bits per heavy atom. The van der Waals surface area contributed by atoms with E-state index in [1.54, 1.807) is 17.0 Å². The molecule has 0 aliphatic heterocycles. The summed E-state index contributed by atoms with van der Waals surface area (Å²) in [4.78, 5) is 12.9. The van der Waals surface area contributed by atoms with Crippen LogP contribution in [0.2, 0.25) is 0 Å². The second-order valence-electron chi connectivity index (χ2n) is 7.67. The average Bonchev–Trinajstić information content (AvgIpc) is 3.58. The van der Waals surface area contributed by atoms with Gasteiger partial charge in [-0.3, -0.25) is 9.36 Å². The normalized spacial score (nSPS) is 12.8. The summed E-state index contributed by atoms with van der Waals surface area (Å²) in [7, 11) is 0. The number of nitrogens with zero attached hydrogens (tertiary/aromatic N) is 6. The van der Waals surface area contributed by atoms with Crippen LogP contribution in [0.25, 0.3) is 5.69 Å². The van der Waals surface area contributed by atoms with Gasteiger partial charge in [0.15, 0.2) is 0 Å². The Kier molecular flexibility index (Phi) is 5.95. The number of tetrazole rings is 1. The third-order valence-electron chi connectivity index (χ3n) is 5.57. The van der Waals surface area contributed by atoms with Crippen LogP contribution in [0.1, 0.15) is 35.4 Å². The fourth-order valence-electron chi connectivity index (χ4n) is 4.14. The number of hydrogen-bond acceptors (Lipinski definition) is 7. The average molecular weight is 460 g/mol. The number of benzene rings is 1. The zero-order chi connectivity index (χ0) is 22.6. The monoisotopic (exact) mass is 459 g/mol. The van der Waals surface area contributed by atoms with Gasteiger partial charge in [-0.2, -0.15) is 5.26 Å². The van der Waals surface area contributed by atoms with Crippen LogP contribution in [0.5, 0.6) is 0 Å². The Hall–Kier alpha value is -3.84. The van der Waals surface area contributed by atoms with Crippen LogP contribution in [-0.4, -0.2) is 36.4 Å². The van der Waals surface area contributed by atoms with E-state index in [-0.39, 0.29) is 11.7 Å². The number of hydrogen-bond donors (Lipinski definition) is 1. The van der Waals surface area contributed by atoms with Gasteiger partial charge in [-0.05, 0) is 65.9 Å². The largest absolute Gasteiger partial charge is 0.467 e. The first kappa shape index (κ1) is 21.0. The first-order chi connectivity index (χ1) is 16.2. The van der Waals surface area contributed by atoms with E-state index < -0.39 is 0 Å². The van der Waals surface area contributed by atoms with Crippen molar-refractivity contribution in [1.29, 1.82) is 5.26 Å². The predicted molar refractivity (Wildman–Crippen MR) is 122 cm³/mol. The maximum absolute atomic E-state index is 12.9. The van der Waals surface area contributed by atoms with E-state index in [9.17, 15) is 10.1 Å². The van der Waals surface area contributed by atoms with Crippen molar-refractivity contribution in [3.05, 3.63) is 71.3 Å². The van der Waals surface area contributed by atoms with Gasteiger partial charge in [-0.25, -0.2) is 4.68 Å². The van der Waals surface area contributed by atoms with E-state index in [4.69, 9.17) is 4.42 Å². The molecule has 0 unspecified atom stereocenters. The van der Waals surface area contributed by atoms with Gasteiger partial charge in [0.05, 0.1) is 17.6 Å². The third-order valence-corrected chi connectivity index (χ3v) is 6.53. The van der Waals surface area contributed by atoms with Crippen molar-refractivity contribution in [3.8, 4) is 11.8 Å². The summed E-state index contributed by atoms with van der Waals surface area (Å²) in [5.74, 6) is 1.14. The zero-order valence-corrected chi connectivity index (χ0v) is 18.6. The summed E-state index contributed by atoms with van der Waals surface area (Å²) in [6, 6.07) is 15.8. The van der Waals surface area contributed by atoms with Crippen LogP contribution in [0.3, 0.4) is 0 Å². The molecule has 3 heterocycles. The van der Waals surface area contributed by atoms with Crippen molar-refractivity contribution in [2.75, 3.05) is 11.1 Å². The van der Waals surface area contributed by atoms with Crippen LogP contribution in [0, 0.1) is 11.3 Å². The molecule has 0 fully saturated rings. The van der Waals surface area contributed by atoms with Gasteiger partial charge in [0.2, 0.25) is 11.1 Å². The summed E-state index contributed by atoms with van der Waals surface area (Å²) in [6.45, 7) is 0.381. The number of rotatable bonds is 7. The highest BCUT2D eigenvalue weighted by molar-refractivity contribution is 7.99. The number of fused-ring (bicyclic) bond motifs is 1. The SMILES string of the molecule is N#Cc1c2c(n(-c3ccccc3)c1NC(=O)CSc1nnnn1Cc1ccco1)CCCC2. The molecule has 10 heteroatoms. The lowest BCUT2D eigenvalue weighted by Gasteiger charge is -2.17. The van der Waals surface area contributed by atoms with Crippen LogP contribution >= 0.6 is 11.8 Å². The third kappa shape index (κ3) is 4.27. The number of furan rings is 1. The minimum absolute atomic E-state index is 0.105. The molecule has 1 aliphatic carbocycles. The molecule has 1 N–H and O–H groups in total. The van der Waals surface area contributed by atoms with Gasteiger partial charge in [-0.1, -0.05) is 30.0 Å². The molecule has 33 heavy (non-hydrogen) atoms. The van der Waals surface area contributed by atoms with Crippen molar-refractivity contribution in [2.45, 2.75) is 37.4 Å². The second kappa shape index (κ2) is 9.34. The topological polar surface area (TPSA) is 115 Å². The maximum atomic E-state index is 12.9. The van der Waals surface area contributed by atoms with Crippen molar-refractivity contribution >= 4 is 23.5 Å². The number of carbonyl (C=O) groups is 1. The Labute approximate surface area is 194 Å². The molecule has 0 atom stereocenters. The number of nitrogens with one attached hydrogen (secondary N) is 1. The van der Waals surface area contributed by atoms with Gasteiger partial charge in [0.25, 0.3) is 0 Å². The van der Waals surface area contributed by atoms with Gasteiger partial charge in [-0.15, -0.1) is 5.10 Å². The quantitative estimate of drug-likeness (QED) is 0.420. The van der Waals surface area contributed by atoms with Crippen molar-refractivity contribution in [3.63, 3.8) is 0 Å². The standard InChI is InChI=1S/C23H21N7O2S/c24-13-19-18-10-4-5-11-20(18)30(16-7-2-1-3-8-16)22(19)25-21(31)15-33-23-26-27-28-29(23)14-17-9-6-12-32-17/h1-3,6-9,12H,4-5,10-11,14-15H2,(H,25,31). The number of thioether (sulfide) groups is 1. The minimum atomic E-state index is -0.226. The van der Waals surface area contributed by atoms with Gasteiger partial charge in [0, 0.05) is 11.4 Å². The lowest BCUT2D eigenvalue weighted by molar-refractivity contribution is -0.113.